The number of allylic oxidation sites excluding steroid dienone is 1. The highest BCUT2D eigenvalue weighted by Crippen LogP contribution is 2.11. The maximum Gasteiger partial charge on any atom is 0.146 e. The highest BCUT2D eigenvalue weighted by Gasteiger charge is 1.99. The molecule has 0 saturated heterocycles. The normalized spacial score (nSPS) is 11.5. The summed E-state index contributed by atoms with van der Waals surface area (Å²) in [6.45, 7) is 1.96. The molecule has 3 nitrogen and oxygen atoms in total. The number of hydrogen-bond donors (Lipinski definition) is 0. The predicted octanol–water partition coefficient (Wildman–Crippen LogP) is 2.86. The van der Waals surface area contributed by atoms with Gasteiger partial charge < -0.3 is 0 Å². The van der Waals surface area contributed by atoms with Crippen molar-refractivity contribution in [3.63, 3.8) is 0 Å². The van der Waals surface area contributed by atoms with E-state index >= 15 is 0 Å². The van der Waals surface area contributed by atoms with Crippen LogP contribution in [0.5, 0.6) is 0 Å². The molecular weight excluding hydrogens is 212 g/mol. The van der Waals surface area contributed by atoms with Gasteiger partial charge in [-0.25, -0.2) is 4.68 Å². The van der Waals surface area contributed by atoms with Crippen molar-refractivity contribution in [1.29, 1.82) is 0 Å². The number of benzene rings is 1. The van der Waals surface area contributed by atoms with Crippen LogP contribution in [0.3, 0.4) is 0 Å². The van der Waals surface area contributed by atoms with E-state index in [4.69, 9.17) is 0 Å². The lowest BCUT2D eigenvalue weighted by molar-refractivity contribution is -0.104. The van der Waals surface area contributed by atoms with Gasteiger partial charge in [0.15, 0.2) is 0 Å². The highest BCUT2D eigenvalue weighted by atomic mass is 16.1. The second-order valence-corrected chi connectivity index (χ2v) is 3.74. The average molecular weight is 226 g/mol. The van der Waals surface area contributed by atoms with Crippen molar-refractivity contribution in [2.45, 2.75) is 13.3 Å². The second kappa shape index (κ2) is 5.25. The number of aldehydes is 1. The quantitative estimate of drug-likeness (QED) is 0.593. The van der Waals surface area contributed by atoms with Gasteiger partial charge in [0.25, 0.3) is 0 Å². The smallest absolute Gasteiger partial charge is 0.146 e. The third-order valence-electron chi connectivity index (χ3n) is 2.53. The number of rotatable bonds is 4. The van der Waals surface area contributed by atoms with Crippen molar-refractivity contribution in [3.8, 4) is 5.69 Å². The van der Waals surface area contributed by atoms with E-state index < -0.39 is 0 Å². The average Bonchev–Trinajstić information content (AvgIpc) is 2.85. The van der Waals surface area contributed by atoms with Gasteiger partial charge in [0, 0.05) is 11.8 Å². The first-order valence-electron chi connectivity index (χ1n) is 5.59. The zero-order chi connectivity index (χ0) is 12.1. The summed E-state index contributed by atoms with van der Waals surface area (Å²) >= 11 is 0. The molecule has 1 aromatic carbocycles. The SMILES string of the molecule is CCC(C=O)=Cc1cnn(-c2ccccc2)c1. The molecule has 0 saturated carbocycles. The molecule has 0 spiro atoms. The summed E-state index contributed by atoms with van der Waals surface area (Å²) < 4.78 is 1.80. The standard InChI is InChI=1S/C14H14N2O/c1-2-12(11-17)8-13-9-15-16(10-13)14-6-4-3-5-7-14/h3-11H,2H2,1H3. The molecule has 0 atom stereocenters. The van der Waals surface area contributed by atoms with Crippen LogP contribution in [0.15, 0.2) is 48.3 Å². The molecule has 2 rings (SSSR count). The Morgan fingerprint density at radius 3 is 2.76 bits per heavy atom. The predicted molar refractivity (Wildman–Crippen MR) is 67.9 cm³/mol. The minimum absolute atomic E-state index is 0.736. The molecule has 0 N–H and O–H groups in total. The van der Waals surface area contributed by atoms with Gasteiger partial charge in [-0.1, -0.05) is 25.1 Å². The Morgan fingerprint density at radius 1 is 1.35 bits per heavy atom. The molecule has 0 aliphatic carbocycles. The van der Waals surface area contributed by atoms with E-state index in [9.17, 15) is 4.79 Å². The van der Waals surface area contributed by atoms with Crippen LogP contribution in [0.2, 0.25) is 0 Å². The van der Waals surface area contributed by atoms with E-state index in [2.05, 4.69) is 5.10 Å². The molecule has 0 fully saturated rings. The summed E-state index contributed by atoms with van der Waals surface area (Å²) in [6.07, 6.45) is 7.15. The third-order valence-corrected chi connectivity index (χ3v) is 2.53. The number of carbonyl (C=O) groups excluding carboxylic acids is 1. The second-order valence-electron chi connectivity index (χ2n) is 3.74. The van der Waals surface area contributed by atoms with Crippen molar-refractivity contribution in [2.75, 3.05) is 0 Å². The summed E-state index contributed by atoms with van der Waals surface area (Å²) in [7, 11) is 0. The lowest BCUT2D eigenvalue weighted by Crippen LogP contribution is -1.92. The van der Waals surface area contributed by atoms with Crippen LogP contribution in [0.25, 0.3) is 11.8 Å². The molecule has 17 heavy (non-hydrogen) atoms. The number of carbonyl (C=O) groups is 1. The van der Waals surface area contributed by atoms with E-state index in [-0.39, 0.29) is 0 Å². The Morgan fingerprint density at radius 2 is 2.12 bits per heavy atom. The number of para-hydroxylation sites is 1. The van der Waals surface area contributed by atoms with E-state index in [1.807, 2.05) is 49.5 Å². The maximum absolute atomic E-state index is 10.7. The first-order chi connectivity index (χ1) is 8.33. The van der Waals surface area contributed by atoms with Crippen LogP contribution >= 0.6 is 0 Å². The van der Waals surface area contributed by atoms with Crippen LogP contribution in [0, 0.1) is 0 Å². The van der Waals surface area contributed by atoms with E-state index in [1.54, 1.807) is 10.9 Å². The zero-order valence-corrected chi connectivity index (χ0v) is 9.71. The van der Waals surface area contributed by atoms with Gasteiger partial charge in [-0.3, -0.25) is 4.79 Å². The van der Waals surface area contributed by atoms with Gasteiger partial charge in [-0.15, -0.1) is 0 Å². The molecule has 0 amide bonds. The largest absolute Gasteiger partial charge is 0.298 e. The van der Waals surface area contributed by atoms with Crippen LogP contribution in [0.1, 0.15) is 18.9 Å². The topological polar surface area (TPSA) is 34.9 Å². The molecule has 0 aliphatic rings. The third kappa shape index (κ3) is 2.69. The highest BCUT2D eigenvalue weighted by molar-refractivity contribution is 5.81. The Kier molecular flexibility index (Phi) is 3.50. The molecule has 1 heterocycles. The minimum atomic E-state index is 0.736. The molecule has 86 valence electrons. The fourth-order valence-corrected chi connectivity index (χ4v) is 1.57. The monoisotopic (exact) mass is 226 g/mol. The van der Waals surface area contributed by atoms with Crippen LogP contribution in [0.4, 0.5) is 0 Å². The van der Waals surface area contributed by atoms with Crippen molar-refractivity contribution >= 4 is 12.4 Å². The number of aromatic nitrogens is 2. The van der Waals surface area contributed by atoms with Crippen molar-refractivity contribution in [3.05, 3.63) is 53.9 Å². The molecule has 0 radical (unpaired) electrons. The van der Waals surface area contributed by atoms with Crippen LogP contribution < -0.4 is 0 Å². The van der Waals surface area contributed by atoms with Crippen molar-refractivity contribution in [2.24, 2.45) is 0 Å². The lowest BCUT2D eigenvalue weighted by atomic mass is 10.2. The van der Waals surface area contributed by atoms with Crippen LogP contribution in [-0.4, -0.2) is 16.1 Å². The van der Waals surface area contributed by atoms with E-state index in [0.717, 1.165) is 29.5 Å². The Labute approximate surface area is 100 Å². The molecule has 3 heteroatoms. The summed E-state index contributed by atoms with van der Waals surface area (Å²) in [5, 5.41) is 4.26. The van der Waals surface area contributed by atoms with Gasteiger partial charge >= 0.3 is 0 Å². The summed E-state index contributed by atoms with van der Waals surface area (Å²) in [4.78, 5) is 10.7. The van der Waals surface area contributed by atoms with Gasteiger partial charge in [0.2, 0.25) is 0 Å². The van der Waals surface area contributed by atoms with Crippen molar-refractivity contribution < 1.29 is 4.79 Å². The van der Waals surface area contributed by atoms with E-state index in [1.165, 1.54) is 0 Å². The van der Waals surface area contributed by atoms with Gasteiger partial charge in [0.1, 0.15) is 6.29 Å². The van der Waals surface area contributed by atoms with Crippen LogP contribution in [-0.2, 0) is 4.79 Å². The van der Waals surface area contributed by atoms with Gasteiger partial charge in [-0.2, -0.15) is 5.10 Å². The van der Waals surface area contributed by atoms with Gasteiger partial charge in [-0.05, 0) is 30.2 Å². The summed E-state index contributed by atoms with van der Waals surface area (Å²) in [5.74, 6) is 0. The summed E-state index contributed by atoms with van der Waals surface area (Å²) in [6, 6.07) is 9.88. The van der Waals surface area contributed by atoms with Gasteiger partial charge in [0.05, 0.1) is 11.9 Å². The fourth-order valence-electron chi connectivity index (χ4n) is 1.57. The minimum Gasteiger partial charge on any atom is -0.298 e. The molecule has 0 unspecified atom stereocenters. The molecule has 0 aliphatic heterocycles. The molecule has 2 aromatic rings. The number of hydrogen-bond acceptors (Lipinski definition) is 2. The van der Waals surface area contributed by atoms with Crippen molar-refractivity contribution in [1.82, 2.24) is 9.78 Å². The van der Waals surface area contributed by atoms with E-state index in [0.29, 0.717) is 0 Å². The lowest BCUT2D eigenvalue weighted by Gasteiger charge is -1.98. The molecule has 0 bridgehead atoms. The maximum atomic E-state index is 10.7. The molecular formula is C14H14N2O. The molecule has 1 aromatic heterocycles. The Balaban J connectivity index is 2.28. The Hall–Kier alpha value is -2.16. The first-order valence-corrected chi connectivity index (χ1v) is 5.59. The zero-order valence-electron chi connectivity index (χ0n) is 9.71. The Bertz CT molecular complexity index is 526. The first kappa shape index (κ1) is 11.3. The summed E-state index contributed by atoms with van der Waals surface area (Å²) in [5.41, 5.74) is 2.73. The number of nitrogens with zero attached hydrogens (tertiary/aromatic N) is 2. The fraction of sp³-hybridized carbons (Fsp3) is 0.143.